The summed E-state index contributed by atoms with van der Waals surface area (Å²) in [6.07, 6.45) is 1.42. The second-order valence-corrected chi connectivity index (χ2v) is 6.41. The molecule has 1 aliphatic rings. The predicted octanol–water partition coefficient (Wildman–Crippen LogP) is 3.87. The highest BCUT2D eigenvalue weighted by molar-refractivity contribution is 9.10. The zero-order chi connectivity index (χ0) is 14.0. The minimum atomic E-state index is -0.308. The third kappa shape index (κ3) is 3.10. The molecule has 0 aromatic heterocycles. The van der Waals surface area contributed by atoms with Crippen LogP contribution in [0.5, 0.6) is 0 Å². The molecule has 0 atom stereocenters. The zero-order valence-corrected chi connectivity index (χ0v) is 13.0. The van der Waals surface area contributed by atoms with E-state index in [1.54, 1.807) is 17.0 Å². The molecule has 1 amide bonds. The van der Waals surface area contributed by atoms with Crippen molar-refractivity contribution in [3.8, 4) is 6.07 Å². The summed E-state index contributed by atoms with van der Waals surface area (Å²) in [5, 5.41) is 9.55. The van der Waals surface area contributed by atoms with Crippen LogP contribution in [0.3, 0.4) is 0 Å². The van der Waals surface area contributed by atoms with Crippen molar-refractivity contribution >= 4 is 33.4 Å². The molecule has 1 fully saturated rings. The van der Waals surface area contributed by atoms with Crippen molar-refractivity contribution in [1.29, 1.82) is 5.26 Å². The van der Waals surface area contributed by atoms with Gasteiger partial charge in [0.1, 0.15) is 0 Å². The van der Waals surface area contributed by atoms with Crippen LogP contribution >= 0.6 is 27.5 Å². The van der Waals surface area contributed by atoms with Crippen LogP contribution in [0.4, 0.5) is 0 Å². The lowest BCUT2D eigenvalue weighted by Gasteiger charge is -2.35. The highest BCUT2D eigenvalue weighted by Crippen LogP contribution is 2.31. The van der Waals surface area contributed by atoms with E-state index in [0.29, 0.717) is 36.5 Å². The van der Waals surface area contributed by atoms with E-state index in [0.717, 1.165) is 4.47 Å². The fraction of sp³-hybridized carbons (Fsp3) is 0.429. The van der Waals surface area contributed by atoms with Gasteiger partial charge in [-0.05, 0) is 38.0 Å². The summed E-state index contributed by atoms with van der Waals surface area (Å²) in [5.74, 6) is -0.0636. The maximum Gasteiger partial charge on any atom is 0.255 e. The van der Waals surface area contributed by atoms with Crippen LogP contribution in [0.25, 0.3) is 0 Å². The lowest BCUT2D eigenvalue weighted by Crippen LogP contribution is -2.41. The lowest BCUT2D eigenvalue weighted by molar-refractivity contribution is 0.0662. The molecule has 3 nitrogen and oxygen atoms in total. The third-order valence-electron chi connectivity index (χ3n) is 3.58. The molecule has 100 valence electrons. The lowest BCUT2D eigenvalue weighted by atomic mass is 9.82. The first kappa shape index (κ1) is 14.4. The van der Waals surface area contributed by atoms with Crippen LogP contribution in [-0.2, 0) is 0 Å². The van der Waals surface area contributed by atoms with Crippen molar-refractivity contribution in [2.75, 3.05) is 13.1 Å². The van der Waals surface area contributed by atoms with Crippen LogP contribution in [0.1, 0.15) is 30.1 Å². The molecule has 2 rings (SSSR count). The third-order valence-corrected chi connectivity index (χ3v) is 4.41. The first-order chi connectivity index (χ1) is 8.95. The Bertz CT molecular complexity index is 545. The monoisotopic (exact) mass is 340 g/mol. The van der Waals surface area contributed by atoms with Crippen molar-refractivity contribution in [3.63, 3.8) is 0 Å². The van der Waals surface area contributed by atoms with E-state index in [9.17, 15) is 4.79 Å². The Kier molecular flexibility index (Phi) is 4.17. The number of carbonyl (C=O) groups is 1. The molecule has 0 radical (unpaired) electrons. The maximum atomic E-state index is 12.4. The molecule has 1 aromatic carbocycles. The van der Waals surface area contributed by atoms with E-state index in [1.807, 2.05) is 13.0 Å². The fourth-order valence-electron chi connectivity index (χ4n) is 2.15. The number of rotatable bonds is 1. The number of benzene rings is 1. The van der Waals surface area contributed by atoms with Crippen molar-refractivity contribution in [3.05, 3.63) is 33.3 Å². The van der Waals surface area contributed by atoms with Gasteiger partial charge in [-0.15, -0.1) is 0 Å². The Labute approximate surface area is 126 Å². The summed E-state index contributed by atoms with van der Waals surface area (Å²) in [6, 6.07) is 7.59. The van der Waals surface area contributed by atoms with Crippen LogP contribution in [0, 0.1) is 16.7 Å². The minimum absolute atomic E-state index is 0.0636. The first-order valence-corrected chi connectivity index (χ1v) is 7.28. The Balaban J connectivity index is 2.14. The molecule has 0 N–H and O–H groups in total. The largest absolute Gasteiger partial charge is 0.338 e. The van der Waals surface area contributed by atoms with E-state index in [2.05, 4.69) is 22.0 Å². The highest BCUT2D eigenvalue weighted by atomic mass is 79.9. The standard InChI is InChI=1S/C14H14BrClN2O/c1-14(9-17)4-6-18(7-5-14)13(19)11-8-10(15)2-3-12(11)16/h2-3,8H,4-7H2,1H3. The molecule has 19 heavy (non-hydrogen) atoms. The number of hydrogen-bond acceptors (Lipinski definition) is 2. The number of amides is 1. The summed E-state index contributed by atoms with van der Waals surface area (Å²) in [7, 11) is 0. The number of halogens is 2. The number of hydrogen-bond donors (Lipinski definition) is 0. The van der Waals surface area contributed by atoms with E-state index in [4.69, 9.17) is 16.9 Å². The fourth-order valence-corrected chi connectivity index (χ4v) is 2.71. The van der Waals surface area contributed by atoms with Crippen molar-refractivity contribution in [2.45, 2.75) is 19.8 Å². The zero-order valence-electron chi connectivity index (χ0n) is 10.6. The number of carbonyl (C=O) groups excluding carboxylic acids is 1. The molecular weight excluding hydrogens is 328 g/mol. The van der Waals surface area contributed by atoms with Gasteiger partial charge in [0, 0.05) is 17.6 Å². The molecule has 1 saturated heterocycles. The van der Waals surface area contributed by atoms with Gasteiger partial charge in [0.05, 0.1) is 22.1 Å². The Morgan fingerprint density at radius 1 is 1.47 bits per heavy atom. The highest BCUT2D eigenvalue weighted by Gasteiger charge is 2.32. The number of nitrogens with zero attached hydrogens (tertiary/aromatic N) is 2. The Morgan fingerprint density at radius 2 is 2.11 bits per heavy atom. The summed E-state index contributed by atoms with van der Waals surface area (Å²) >= 11 is 9.42. The maximum absolute atomic E-state index is 12.4. The minimum Gasteiger partial charge on any atom is -0.338 e. The summed E-state index contributed by atoms with van der Waals surface area (Å²) in [4.78, 5) is 14.2. The summed E-state index contributed by atoms with van der Waals surface area (Å²) in [6.45, 7) is 3.15. The summed E-state index contributed by atoms with van der Waals surface area (Å²) in [5.41, 5.74) is 0.203. The second kappa shape index (κ2) is 5.52. The SMILES string of the molecule is CC1(C#N)CCN(C(=O)c2cc(Br)ccc2Cl)CC1. The van der Waals surface area contributed by atoms with Gasteiger partial charge in [-0.25, -0.2) is 0 Å². The van der Waals surface area contributed by atoms with Crippen LogP contribution in [0.2, 0.25) is 5.02 Å². The topological polar surface area (TPSA) is 44.1 Å². The predicted molar refractivity (Wildman–Crippen MR) is 78.0 cm³/mol. The van der Waals surface area contributed by atoms with Crippen molar-refractivity contribution < 1.29 is 4.79 Å². The first-order valence-electron chi connectivity index (χ1n) is 6.11. The number of nitriles is 1. The Morgan fingerprint density at radius 3 is 2.68 bits per heavy atom. The molecule has 1 heterocycles. The van der Waals surface area contributed by atoms with E-state index < -0.39 is 0 Å². The quantitative estimate of drug-likeness (QED) is 0.778. The summed E-state index contributed by atoms with van der Waals surface area (Å²) < 4.78 is 0.833. The Hall–Kier alpha value is -1.05. The normalized spacial score (nSPS) is 17.9. The molecule has 5 heteroatoms. The van der Waals surface area contributed by atoms with Gasteiger partial charge in [0.15, 0.2) is 0 Å². The molecule has 1 aliphatic heterocycles. The second-order valence-electron chi connectivity index (χ2n) is 5.09. The van der Waals surface area contributed by atoms with Crippen LogP contribution in [0.15, 0.2) is 22.7 Å². The molecule has 0 unspecified atom stereocenters. The number of piperidine rings is 1. The molecule has 0 spiro atoms. The molecule has 0 aliphatic carbocycles. The van der Waals surface area contributed by atoms with Gasteiger partial charge in [-0.2, -0.15) is 5.26 Å². The van der Waals surface area contributed by atoms with Gasteiger partial charge >= 0.3 is 0 Å². The average molecular weight is 342 g/mol. The van der Waals surface area contributed by atoms with Gasteiger partial charge in [0.2, 0.25) is 0 Å². The van der Waals surface area contributed by atoms with Gasteiger partial charge in [0.25, 0.3) is 5.91 Å². The van der Waals surface area contributed by atoms with Crippen molar-refractivity contribution in [2.24, 2.45) is 5.41 Å². The molecule has 0 saturated carbocycles. The number of likely N-dealkylation sites (tertiary alicyclic amines) is 1. The van der Waals surface area contributed by atoms with E-state index in [-0.39, 0.29) is 11.3 Å². The van der Waals surface area contributed by atoms with E-state index in [1.165, 1.54) is 0 Å². The smallest absolute Gasteiger partial charge is 0.255 e. The molecule has 1 aromatic rings. The molecule has 0 bridgehead atoms. The average Bonchev–Trinajstić information content (AvgIpc) is 2.42. The van der Waals surface area contributed by atoms with Crippen LogP contribution in [-0.4, -0.2) is 23.9 Å². The van der Waals surface area contributed by atoms with Gasteiger partial charge in [-0.1, -0.05) is 27.5 Å². The van der Waals surface area contributed by atoms with Gasteiger partial charge < -0.3 is 4.90 Å². The van der Waals surface area contributed by atoms with Gasteiger partial charge in [-0.3, -0.25) is 4.79 Å². The van der Waals surface area contributed by atoms with E-state index >= 15 is 0 Å². The van der Waals surface area contributed by atoms with Crippen LogP contribution < -0.4 is 0 Å². The van der Waals surface area contributed by atoms with Crippen molar-refractivity contribution in [1.82, 2.24) is 4.90 Å². The molecular formula is C14H14BrClN2O.